The van der Waals surface area contributed by atoms with Crippen LogP contribution in [0, 0.1) is 0 Å². The van der Waals surface area contributed by atoms with Crippen molar-refractivity contribution in [2.45, 2.75) is 174 Å². The van der Waals surface area contributed by atoms with Gasteiger partial charge in [-0.25, -0.2) is 4.79 Å². The van der Waals surface area contributed by atoms with Crippen LogP contribution in [0.3, 0.4) is 0 Å². The molecule has 2 aliphatic rings. The average molecular weight is 753 g/mol. The molecule has 5 rings (SSSR count). The first-order valence-corrected chi connectivity index (χ1v) is 21.7. The number of hydrogen-bond acceptors (Lipinski definition) is 7. The molecule has 0 fully saturated rings. The number of unbranched alkanes of at least 4 members (excludes halogenated alkanes) is 20. The zero-order valence-electron chi connectivity index (χ0n) is 33.6. The number of fused-ring (bicyclic) bond motifs is 6. The Bertz CT molecular complexity index is 1590. The Hall–Kier alpha value is -4.13. The highest BCUT2D eigenvalue weighted by Crippen LogP contribution is 2.57. The first-order chi connectivity index (χ1) is 27.0. The Labute approximate surface area is 329 Å². The summed E-state index contributed by atoms with van der Waals surface area (Å²) in [6.07, 6.45) is 27.4. The van der Waals surface area contributed by atoms with Gasteiger partial charge in [-0.1, -0.05) is 160 Å². The second-order valence-electron chi connectivity index (χ2n) is 15.6. The summed E-state index contributed by atoms with van der Waals surface area (Å²) in [6.45, 7) is 4.49. The molecule has 2 heterocycles. The maximum atomic E-state index is 13.3. The quantitative estimate of drug-likeness (QED) is 0.0458. The van der Waals surface area contributed by atoms with Crippen LogP contribution in [0.4, 0.5) is 0 Å². The molecule has 55 heavy (non-hydrogen) atoms. The van der Waals surface area contributed by atoms with E-state index in [1.165, 1.54) is 103 Å². The summed E-state index contributed by atoms with van der Waals surface area (Å²) < 4.78 is 24.2. The lowest BCUT2D eigenvalue weighted by molar-refractivity contribution is -0.135. The van der Waals surface area contributed by atoms with Gasteiger partial charge in [0.2, 0.25) is 0 Å². The SMILES string of the molecule is CCCCCCCCCCCCCC(=O)Oc1ccc2c(c1)Oc1cc(OC(=O)CCCCCCCCCCCCC)ccc1C21OC(=O)c2ccccc21. The van der Waals surface area contributed by atoms with Crippen molar-refractivity contribution in [2.24, 2.45) is 0 Å². The molecule has 298 valence electrons. The molecule has 0 N–H and O–H groups in total. The molecular formula is C48H64O7. The van der Waals surface area contributed by atoms with Crippen LogP contribution >= 0.6 is 0 Å². The molecule has 0 saturated carbocycles. The topological polar surface area (TPSA) is 88.1 Å². The Kier molecular flexibility index (Phi) is 17.1. The highest BCUT2D eigenvalue weighted by molar-refractivity contribution is 5.97. The molecule has 0 aliphatic carbocycles. The average Bonchev–Trinajstić information content (AvgIpc) is 3.47. The van der Waals surface area contributed by atoms with E-state index >= 15 is 0 Å². The molecule has 7 nitrogen and oxygen atoms in total. The Morgan fingerprint density at radius 1 is 0.509 bits per heavy atom. The molecule has 0 radical (unpaired) electrons. The summed E-state index contributed by atoms with van der Waals surface area (Å²) in [7, 11) is 0. The molecule has 7 heteroatoms. The molecule has 0 aromatic heterocycles. The predicted octanol–water partition coefficient (Wildman–Crippen LogP) is 13.5. The third-order valence-corrected chi connectivity index (χ3v) is 11.1. The number of benzene rings is 3. The standard InChI is InChI=1S/C48H64O7/c1-3-5-7-9-11-13-15-17-19-21-23-29-45(49)52-37-31-33-41-43(35-37)54-44-36-38(53-46(50)30-24-22-20-18-16-14-12-10-8-6-4-2)32-34-42(44)48(41)40-28-26-25-27-39(40)47(51)55-48/h25-28,31-36H,3-24,29-30H2,1-2H3. The van der Waals surface area contributed by atoms with Crippen molar-refractivity contribution in [3.63, 3.8) is 0 Å². The molecule has 3 aromatic carbocycles. The van der Waals surface area contributed by atoms with Gasteiger partial charge in [0, 0.05) is 41.7 Å². The number of rotatable bonds is 26. The van der Waals surface area contributed by atoms with E-state index in [1.54, 1.807) is 42.5 Å². The van der Waals surface area contributed by atoms with Gasteiger partial charge in [0.25, 0.3) is 0 Å². The largest absolute Gasteiger partial charge is 0.456 e. The minimum absolute atomic E-state index is 0.286. The monoisotopic (exact) mass is 752 g/mol. The van der Waals surface area contributed by atoms with Crippen LogP contribution < -0.4 is 14.2 Å². The van der Waals surface area contributed by atoms with E-state index in [-0.39, 0.29) is 11.9 Å². The maximum absolute atomic E-state index is 13.3. The van der Waals surface area contributed by atoms with E-state index in [2.05, 4.69) is 13.8 Å². The second-order valence-corrected chi connectivity index (χ2v) is 15.6. The lowest BCUT2D eigenvalue weighted by atomic mass is 9.77. The van der Waals surface area contributed by atoms with E-state index in [1.807, 2.05) is 18.2 Å². The fraction of sp³-hybridized carbons (Fsp3) is 0.562. The van der Waals surface area contributed by atoms with Crippen LogP contribution in [0.1, 0.15) is 195 Å². The Balaban J connectivity index is 1.16. The molecular weight excluding hydrogens is 689 g/mol. The van der Waals surface area contributed by atoms with E-state index in [0.717, 1.165) is 38.5 Å². The van der Waals surface area contributed by atoms with Gasteiger partial charge < -0.3 is 18.9 Å². The van der Waals surface area contributed by atoms with Gasteiger partial charge in [0.15, 0.2) is 5.60 Å². The van der Waals surface area contributed by atoms with Crippen molar-refractivity contribution in [3.05, 3.63) is 82.9 Å². The van der Waals surface area contributed by atoms with Crippen LogP contribution in [-0.2, 0) is 19.9 Å². The van der Waals surface area contributed by atoms with Gasteiger partial charge in [0.05, 0.1) is 5.56 Å². The van der Waals surface area contributed by atoms with Gasteiger partial charge in [0.1, 0.15) is 23.0 Å². The zero-order chi connectivity index (χ0) is 38.7. The Morgan fingerprint density at radius 3 is 1.35 bits per heavy atom. The lowest BCUT2D eigenvalue weighted by Crippen LogP contribution is -2.33. The van der Waals surface area contributed by atoms with E-state index in [9.17, 15) is 14.4 Å². The van der Waals surface area contributed by atoms with Crippen molar-refractivity contribution in [2.75, 3.05) is 0 Å². The highest BCUT2D eigenvalue weighted by atomic mass is 16.6. The molecule has 0 amide bonds. The van der Waals surface area contributed by atoms with Gasteiger partial charge in [-0.15, -0.1) is 0 Å². The van der Waals surface area contributed by atoms with Crippen molar-refractivity contribution < 1.29 is 33.3 Å². The summed E-state index contributed by atoms with van der Waals surface area (Å²) in [5.74, 6) is 0.523. The van der Waals surface area contributed by atoms with Crippen molar-refractivity contribution in [3.8, 4) is 23.0 Å². The van der Waals surface area contributed by atoms with Crippen LogP contribution in [-0.4, -0.2) is 17.9 Å². The van der Waals surface area contributed by atoms with Gasteiger partial charge in [-0.05, 0) is 43.2 Å². The van der Waals surface area contributed by atoms with Gasteiger partial charge in [-0.3, -0.25) is 9.59 Å². The first kappa shape index (κ1) is 42.0. The summed E-state index contributed by atoms with van der Waals surface area (Å²) in [5, 5.41) is 0. The van der Waals surface area contributed by atoms with Crippen molar-refractivity contribution in [1.29, 1.82) is 0 Å². The number of ether oxygens (including phenoxy) is 4. The predicted molar refractivity (Wildman–Crippen MR) is 218 cm³/mol. The molecule has 3 aromatic rings. The summed E-state index contributed by atoms with van der Waals surface area (Å²) in [6, 6.07) is 17.8. The highest BCUT2D eigenvalue weighted by Gasteiger charge is 2.53. The number of hydrogen-bond donors (Lipinski definition) is 0. The van der Waals surface area contributed by atoms with E-state index in [4.69, 9.17) is 18.9 Å². The minimum atomic E-state index is -1.27. The fourth-order valence-corrected chi connectivity index (χ4v) is 8.00. The van der Waals surface area contributed by atoms with Crippen LogP contribution in [0.15, 0.2) is 60.7 Å². The maximum Gasteiger partial charge on any atom is 0.340 e. The molecule has 0 atom stereocenters. The van der Waals surface area contributed by atoms with Crippen LogP contribution in [0.25, 0.3) is 0 Å². The third-order valence-electron chi connectivity index (χ3n) is 11.1. The summed E-state index contributed by atoms with van der Waals surface area (Å²) in [5.41, 5.74) is 1.17. The van der Waals surface area contributed by atoms with Crippen molar-refractivity contribution in [1.82, 2.24) is 0 Å². The number of carbonyl (C=O) groups is 3. The molecule has 0 saturated heterocycles. The minimum Gasteiger partial charge on any atom is -0.456 e. The third kappa shape index (κ3) is 11.9. The van der Waals surface area contributed by atoms with Crippen LogP contribution in [0.5, 0.6) is 23.0 Å². The normalized spacial score (nSPS) is 13.5. The van der Waals surface area contributed by atoms with E-state index < -0.39 is 11.6 Å². The zero-order valence-corrected chi connectivity index (χ0v) is 33.6. The molecule has 0 bridgehead atoms. The van der Waals surface area contributed by atoms with Crippen molar-refractivity contribution >= 4 is 17.9 Å². The summed E-state index contributed by atoms with van der Waals surface area (Å²) in [4.78, 5) is 39.0. The number of carbonyl (C=O) groups excluding carboxylic acids is 3. The second kappa shape index (κ2) is 22.4. The van der Waals surface area contributed by atoms with Gasteiger partial charge in [-0.2, -0.15) is 0 Å². The number of esters is 3. The Morgan fingerprint density at radius 2 is 0.909 bits per heavy atom. The van der Waals surface area contributed by atoms with E-state index in [0.29, 0.717) is 58.1 Å². The first-order valence-electron chi connectivity index (χ1n) is 21.7. The molecule has 0 unspecified atom stereocenters. The lowest BCUT2D eigenvalue weighted by Gasteiger charge is -2.36. The molecule has 1 spiro atoms. The fourth-order valence-electron chi connectivity index (χ4n) is 8.00. The molecule has 2 aliphatic heterocycles. The van der Waals surface area contributed by atoms with Crippen LogP contribution in [0.2, 0.25) is 0 Å². The smallest absolute Gasteiger partial charge is 0.340 e. The summed E-state index contributed by atoms with van der Waals surface area (Å²) >= 11 is 0. The van der Waals surface area contributed by atoms with Gasteiger partial charge >= 0.3 is 17.9 Å².